The summed E-state index contributed by atoms with van der Waals surface area (Å²) in [5.74, 6) is -0.154. The van der Waals surface area contributed by atoms with Gasteiger partial charge in [0.1, 0.15) is 0 Å². The first-order valence-corrected chi connectivity index (χ1v) is 15.1. The number of anilines is 1. The Balaban J connectivity index is 1.19. The number of ether oxygens (including phenoxy) is 2. The number of carbonyl (C=O) groups is 1. The van der Waals surface area contributed by atoms with E-state index in [0.717, 1.165) is 23.2 Å². The van der Waals surface area contributed by atoms with Gasteiger partial charge in [-0.1, -0.05) is 91.0 Å². The number of nitrogens with zero attached hydrogens (tertiary/aromatic N) is 1. The van der Waals surface area contributed by atoms with Crippen molar-refractivity contribution in [3.05, 3.63) is 149 Å². The van der Waals surface area contributed by atoms with Crippen LogP contribution in [0.3, 0.4) is 0 Å². The summed E-state index contributed by atoms with van der Waals surface area (Å²) in [5.41, 5.74) is 5.38. The smallest absolute Gasteiger partial charge is 0.255 e. The van der Waals surface area contributed by atoms with E-state index in [1.165, 1.54) is 16.3 Å². The molecule has 2 N–H and O–H groups in total. The first-order chi connectivity index (χ1) is 21.5. The van der Waals surface area contributed by atoms with Gasteiger partial charge in [0, 0.05) is 35.8 Å². The van der Waals surface area contributed by atoms with Crippen molar-refractivity contribution >= 4 is 22.4 Å². The molecule has 5 aromatic rings. The molecule has 1 heterocycles. The molecule has 1 amide bonds. The number of nitrogens with one attached hydrogen (secondary N) is 1. The lowest BCUT2D eigenvalue weighted by atomic mass is 9.98. The number of hydrogen-bond acceptors (Lipinski definition) is 5. The molecule has 6 heteroatoms. The summed E-state index contributed by atoms with van der Waals surface area (Å²) in [6, 6.07) is 40.1. The number of hydrogen-bond donors (Lipinski definition) is 2. The van der Waals surface area contributed by atoms with Crippen molar-refractivity contribution in [2.45, 2.75) is 44.5 Å². The van der Waals surface area contributed by atoms with Gasteiger partial charge in [0.15, 0.2) is 6.29 Å². The molecule has 4 atom stereocenters. The Kier molecular flexibility index (Phi) is 9.15. The Hall–Kier alpha value is -4.33. The molecule has 1 saturated heterocycles. The van der Waals surface area contributed by atoms with Crippen molar-refractivity contribution in [3.63, 3.8) is 0 Å². The first-order valence-electron chi connectivity index (χ1n) is 15.1. The van der Waals surface area contributed by atoms with Crippen LogP contribution in [-0.2, 0) is 16.1 Å². The van der Waals surface area contributed by atoms with Gasteiger partial charge in [-0.3, -0.25) is 9.69 Å². The molecule has 44 heavy (non-hydrogen) atoms. The van der Waals surface area contributed by atoms with Gasteiger partial charge in [-0.25, -0.2) is 0 Å². The fourth-order valence-electron chi connectivity index (χ4n) is 5.75. The second-order valence-corrected chi connectivity index (χ2v) is 11.5. The molecule has 1 aliphatic rings. The summed E-state index contributed by atoms with van der Waals surface area (Å²) in [6.07, 6.45) is -0.121. The Labute approximate surface area is 258 Å². The Morgan fingerprint density at radius 2 is 1.52 bits per heavy atom. The van der Waals surface area contributed by atoms with E-state index in [2.05, 4.69) is 66.7 Å². The quantitative estimate of drug-likeness (QED) is 0.184. The van der Waals surface area contributed by atoms with Gasteiger partial charge in [0.2, 0.25) is 0 Å². The van der Waals surface area contributed by atoms with E-state index in [1.54, 1.807) is 12.1 Å². The van der Waals surface area contributed by atoms with Crippen molar-refractivity contribution < 1.29 is 19.4 Å². The highest BCUT2D eigenvalue weighted by Crippen LogP contribution is 2.39. The van der Waals surface area contributed by atoms with Crippen LogP contribution in [0.4, 0.5) is 5.69 Å². The zero-order valence-corrected chi connectivity index (χ0v) is 25.1. The fourth-order valence-corrected chi connectivity index (χ4v) is 5.75. The zero-order valence-electron chi connectivity index (χ0n) is 25.1. The predicted molar refractivity (Wildman–Crippen MR) is 174 cm³/mol. The summed E-state index contributed by atoms with van der Waals surface area (Å²) in [6.45, 7) is 2.96. The van der Waals surface area contributed by atoms with Gasteiger partial charge >= 0.3 is 0 Å². The number of rotatable bonds is 9. The molecule has 0 unspecified atom stereocenters. The monoisotopic (exact) mass is 586 g/mol. The van der Waals surface area contributed by atoms with Crippen LogP contribution in [0.25, 0.3) is 10.8 Å². The third kappa shape index (κ3) is 6.90. The minimum atomic E-state index is -0.570. The van der Waals surface area contributed by atoms with Crippen LogP contribution in [0, 0.1) is 0 Å². The second-order valence-electron chi connectivity index (χ2n) is 11.5. The van der Waals surface area contributed by atoms with Crippen LogP contribution in [-0.4, -0.2) is 35.6 Å². The average molecular weight is 587 g/mol. The molecule has 0 aromatic heterocycles. The van der Waals surface area contributed by atoms with Gasteiger partial charge in [-0.15, -0.1) is 0 Å². The predicted octanol–water partition coefficient (Wildman–Crippen LogP) is 7.82. The number of amides is 1. The van der Waals surface area contributed by atoms with E-state index >= 15 is 0 Å². The zero-order chi connectivity index (χ0) is 30.5. The number of fused-ring (bicyclic) bond motifs is 1. The maximum absolute atomic E-state index is 12.6. The molecule has 0 aliphatic carbocycles. The van der Waals surface area contributed by atoms with Crippen molar-refractivity contribution in [2.75, 3.05) is 18.9 Å². The average Bonchev–Trinajstić information content (AvgIpc) is 3.08. The molecule has 0 spiro atoms. The lowest BCUT2D eigenvalue weighted by molar-refractivity contribution is -0.253. The SMILES string of the molecule is C[C@H](c1ccc2ccccc2c1)N(C)C[C@H]1C[C@@H](c2ccc(CO)cc2)O[C@@H](c2ccc(NC(=O)c3ccccc3)cc2)O1. The highest BCUT2D eigenvalue weighted by Gasteiger charge is 2.33. The van der Waals surface area contributed by atoms with E-state index in [9.17, 15) is 9.90 Å². The van der Waals surface area contributed by atoms with E-state index in [-0.39, 0.29) is 30.8 Å². The number of benzene rings is 5. The number of carbonyl (C=O) groups excluding carboxylic acids is 1. The standard InChI is InChI=1S/C38H38N2O4/c1-26(32-17-16-28-8-6-7-11-33(28)22-32)40(2)24-35-23-36(29-14-12-27(25-41)13-15-29)44-38(43-35)31-18-20-34(21-19-31)39-37(42)30-9-4-3-5-10-30/h3-22,26,35-36,38,41H,23-25H2,1-2H3,(H,39,42)/t26-,35-,36+,38+/m1/s1. The topological polar surface area (TPSA) is 71.0 Å². The molecule has 0 bridgehead atoms. The molecule has 5 aromatic carbocycles. The third-order valence-electron chi connectivity index (χ3n) is 8.50. The Bertz CT molecular complexity index is 1690. The van der Waals surface area contributed by atoms with Gasteiger partial charge in [0.05, 0.1) is 18.8 Å². The maximum Gasteiger partial charge on any atom is 0.255 e. The summed E-state index contributed by atoms with van der Waals surface area (Å²) >= 11 is 0. The maximum atomic E-state index is 12.6. The molecule has 1 fully saturated rings. The summed E-state index contributed by atoms with van der Waals surface area (Å²) < 4.78 is 13.1. The lowest BCUT2D eigenvalue weighted by Gasteiger charge is -2.39. The van der Waals surface area contributed by atoms with Crippen LogP contribution in [0.2, 0.25) is 0 Å². The Morgan fingerprint density at radius 3 is 2.25 bits per heavy atom. The van der Waals surface area contributed by atoms with E-state index < -0.39 is 6.29 Å². The largest absolute Gasteiger partial charge is 0.392 e. The van der Waals surface area contributed by atoms with Crippen LogP contribution < -0.4 is 5.32 Å². The highest BCUT2D eigenvalue weighted by atomic mass is 16.7. The molecular formula is C38H38N2O4. The van der Waals surface area contributed by atoms with Gasteiger partial charge < -0.3 is 19.9 Å². The Morgan fingerprint density at radius 1 is 0.841 bits per heavy atom. The van der Waals surface area contributed by atoms with Crippen molar-refractivity contribution in [1.82, 2.24) is 4.90 Å². The summed E-state index contributed by atoms with van der Waals surface area (Å²) in [7, 11) is 2.14. The number of aliphatic hydroxyl groups excluding tert-OH is 1. The minimum Gasteiger partial charge on any atom is -0.392 e. The fraction of sp³-hybridized carbons (Fsp3) is 0.237. The van der Waals surface area contributed by atoms with Crippen molar-refractivity contribution in [1.29, 1.82) is 0 Å². The number of aliphatic hydroxyl groups is 1. The van der Waals surface area contributed by atoms with Crippen LogP contribution in [0.1, 0.15) is 64.4 Å². The molecule has 224 valence electrons. The van der Waals surface area contributed by atoms with Crippen molar-refractivity contribution in [3.8, 4) is 0 Å². The van der Waals surface area contributed by atoms with Gasteiger partial charge in [-0.05, 0) is 71.8 Å². The van der Waals surface area contributed by atoms with Crippen LogP contribution in [0.15, 0.2) is 121 Å². The third-order valence-corrected chi connectivity index (χ3v) is 8.50. The number of likely N-dealkylation sites (N-methyl/N-ethyl adjacent to an activating group) is 1. The van der Waals surface area contributed by atoms with E-state index in [0.29, 0.717) is 17.7 Å². The van der Waals surface area contributed by atoms with Gasteiger partial charge in [0.25, 0.3) is 5.91 Å². The molecule has 0 radical (unpaired) electrons. The molecule has 0 saturated carbocycles. The van der Waals surface area contributed by atoms with Crippen LogP contribution >= 0.6 is 0 Å². The molecule has 6 nitrogen and oxygen atoms in total. The molecule has 1 aliphatic heterocycles. The highest BCUT2D eigenvalue weighted by molar-refractivity contribution is 6.04. The minimum absolute atomic E-state index is 0.00474. The van der Waals surface area contributed by atoms with E-state index in [4.69, 9.17) is 9.47 Å². The summed E-state index contributed by atoms with van der Waals surface area (Å²) in [5, 5.41) is 15.0. The molecular weight excluding hydrogens is 548 g/mol. The van der Waals surface area contributed by atoms with Crippen LogP contribution in [0.5, 0.6) is 0 Å². The van der Waals surface area contributed by atoms with Gasteiger partial charge in [-0.2, -0.15) is 0 Å². The van der Waals surface area contributed by atoms with Crippen molar-refractivity contribution in [2.24, 2.45) is 0 Å². The second kappa shape index (κ2) is 13.5. The van der Waals surface area contributed by atoms with E-state index in [1.807, 2.05) is 66.7 Å². The first kappa shape index (κ1) is 29.7. The molecule has 6 rings (SSSR count). The normalized spacial score (nSPS) is 19.1. The lowest BCUT2D eigenvalue weighted by Crippen LogP contribution is -2.38. The summed E-state index contributed by atoms with van der Waals surface area (Å²) in [4.78, 5) is 15.0.